The molecule has 220 valence electrons. The van der Waals surface area contributed by atoms with Gasteiger partial charge in [-0.3, -0.25) is 4.57 Å². The van der Waals surface area contributed by atoms with Crippen LogP contribution in [0.15, 0.2) is 30.3 Å². The fourth-order valence-electron chi connectivity index (χ4n) is 5.17. The Morgan fingerprint density at radius 1 is 1.05 bits per heavy atom. The first-order valence-electron chi connectivity index (χ1n) is 14.5. The molecule has 0 amide bonds. The smallest absolute Gasteiger partial charge is 0.296 e. The van der Waals surface area contributed by atoms with Gasteiger partial charge in [-0.15, -0.1) is 0 Å². The Labute approximate surface area is 235 Å². The first-order valence-corrected chi connectivity index (χ1v) is 14.5. The highest BCUT2D eigenvalue weighted by atomic mass is 19.3. The summed E-state index contributed by atoms with van der Waals surface area (Å²) in [5, 5.41) is 12.7. The number of halogens is 2. The molecule has 11 heteroatoms. The number of anilines is 2. The molecule has 40 heavy (non-hydrogen) atoms. The first kappa shape index (κ1) is 30.1. The highest BCUT2D eigenvalue weighted by Gasteiger charge is 2.24. The van der Waals surface area contributed by atoms with Gasteiger partial charge >= 0.3 is 0 Å². The number of hydrogen-bond acceptors (Lipinski definition) is 8. The van der Waals surface area contributed by atoms with Crippen LogP contribution in [0.1, 0.15) is 71.0 Å². The van der Waals surface area contributed by atoms with Crippen LogP contribution in [-0.4, -0.2) is 69.6 Å². The molecule has 2 aliphatic rings. The van der Waals surface area contributed by atoms with Gasteiger partial charge in [-0.25, -0.2) is 13.8 Å². The number of nitrogens with zero attached hydrogens (tertiary/aromatic N) is 5. The highest BCUT2D eigenvalue weighted by molar-refractivity contribution is 5.78. The van der Waals surface area contributed by atoms with E-state index >= 15 is 0 Å². The number of ether oxygens (including phenoxy) is 1. The van der Waals surface area contributed by atoms with Crippen molar-refractivity contribution >= 4 is 22.8 Å². The molecule has 2 fully saturated rings. The van der Waals surface area contributed by atoms with Crippen molar-refractivity contribution in [2.24, 2.45) is 11.7 Å². The maximum Gasteiger partial charge on any atom is 0.296 e. The number of fused-ring (bicyclic) bond motifs is 1. The van der Waals surface area contributed by atoms with Crippen LogP contribution >= 0.6 is 0 Å². The normalized spacial score (nSPS) is 16.7. The van der Waals surface area contributed by atoms with Gasteiger partial charge in [0.25, 0.3) is 6.43 Å². The van der Waals surface area contributed by atoms with Crippen LogP contribution in [0.5, 0.6) is 0 Å². The number of aliphatic hydroxyl groups is 1. The largest absolute Gasteiger partial charge is 0.389 e. The second-order valence-corrected chi connectivity index (χ2v) is 10.6. The molecule has 9 nitrogen and oxygen atoms in total. The van der Waals surface area contributed by atoms with Gasteiger partial charge in [0.15, 0.2) is 5.82 Å². The average molecular weight is 560 g/mol. The molecule has 1 aliphatic carbocycles. The third kappa shape index (κ3) is 7.44. The van der Waals surface area contributed by atoms with Crippen molar-refractivity contribution in [2.45, 2.75) is 70.8 Å². The van der Waals surface area contributed by atoms with Gasteiger partial charge in [0.05, 0.1) is 29.8 Å². The maximum absolute atomic E-state index is 13.9. The number of alkyl halides is 2. The fourth-order valence-corrected chi connectivity index (χ4v) is 5.17. The zero-order valence-corrected chi connectivity index (χ0v) is 23.7. The van der Waals surface area contributed by atoms with Crippen LogP contribution < -0.4 is 16.0 Å². The second kappa shape index (κ2) is 14.1. The van der Waals surface area contributed by atoms with Gasteiger partial charge in [0, 0.05) is 32.2 Å². The van der Waals surface area contributed by atoms with Gasteiger partial charge in [0.2, 0.25) is 5.95 Å². The van der Waals surface area contributed by atoms with Crippen LogP contribution in [0, 0.1) is 5.92 Å². The van der Waals surface area contributed by atoms with Crippen molar-refractivity contribution in [3.05, 3.63) is 36.2 Å². The lowest BCUT2D eigenvalue weighted by atomic mass is 9.89. The van der Waals surface area contributed by atoms with Crippen molar-refractivity contribution in [2.75, 3.05) is 49.6 Å². The molecule has 4 N–H and O–H groups in total. The van der Waals surface area contributed by atoms with Gasteiger partial charge in [-0.2, -0.15) is 9.97 Å². The van der Waals surface area contributed by atoms with Gasteiger partial charge < -0.3 is 25.8 Å². The highest BCUT2D eigenvalue weighted by Crippen LogP contribution is 2.30. The lowest BCUT2D eigenvalue weighted by molar-refractivity contribution is 0.0414. The van der Waals surface area contributed by atoms with Crippen molar-refractivity contribution in [3.8, 4) is 5.82 Å². The molecule has 0 radical (unpaired) electrons. The molecule has 0 atom stereocenters. The molecule has 0 unspecified atom stereocenters. The standard InChI is InChI=1S/C23H28F2N6O.C6H15NO/c24-21(25)22-27-17-8-4-5-9-18(17)31(22)20-14-19(30-10-12-32-13-11-30)28-23(29-20)26-15-16-6-2-1-3-7-16;1-3-6(8,4-2)5-7/h4-5,8-9,14,16,21H,1-3,6-7,10-13,15H2,(H,26,28,29);8H,3-5,7H2,1-2H3. The molecule has 1 aromatic carbocycles. The van der Waals surface area contributed by atoms with E-state index in [1.807, 2.05) is 19.9 Å². The molecule has 5 rings (SSSR count). The summed E-state index contributed by atoms with van der Waals surface area (Å²) in [6.07, 6.45) is 4.99. The topological polar surface area (TPSA) is 114 Å². The van der Waals surface area contributed by atoms with E-state index in [9.17, 15) is 13.9 Å². The number of nitrogens with one attached hydrogen (secondary N) is 1. The monoisotopic (exact) mass is 559 g/mol. The Balaban J connectivity index is 0.000000406. The van der Waals surface area contributed by atoms with E-state index in [1.165, 1.54) is 36.7 Å². The Hall–Kier alpha value is -2.89. The number of aromatic nitrogens is 4. The minimum Gasteiger partial charge on any atom is -0.389 e. The lowest BCUT2D eigenvalue weighted by Crippen LogP contribution is -2.37. The summed E-state index contributed by atoms with van der Waals surface area (Å²) in [6, 6.07) is 8.92. The predicted molar refractivity (Wildman–Crippen MR) is 154 cm³/mol. The van der Waals surface area contributed by atoms with E-state index in [4.69, 9.17) is 15.5 Å². The number of morpholine rings is 1. The minimum absolute atomic E-state index is 0.309. The predicted octanol–water partition coefficient (Wildman–Crippen LogP) is 5.08. The average Bonchev–Trinajstić information content (AvgIpc) is 3.41. The summed E-state index contributed by atoms with van der Waals surface area (Å²) in [6.45, 7) is 7.67. The summed E-state index contributed by atoms with van der Waals surface area (Å²) in [5.74, 6) is 1.86. The Morgan fingerprint density at radius 2 is 1.73 bits per heavy atom. The quantitative estimate of drug-likeness (QED) is 0.333. The zero-order chi connectivity index (χ0) is 28.5. The van der Waals surface area contributed by atoms with E-state index < -0.39 is 12.0 Å². The maximum atomic E-state index is 13.9. The molecule has 1 saturated carbocycles. The van der Waals surface area contributed by atoms with E-state index in [1.54, 1.807) is 24.3 Å². The van der Waals surface area contributed by atoms with Crippen LogP contribution in [0.2, 0.25) is 0 Å². The number of imidazole rings is 1. The Morgan fingerprint density at radius 3 is 2.35 bits per heavy atom. The van der Waals surface area contributed by atoms with Crippen molar-refractivity contribution < 1.29 is 18.6 Å². The summed E-state index contributed by atoms with van der Waals surface area (Å²) < 4.78 is 34.8. The van der Waals surface area contributed by atoms with E-state index in [-0.39, 0.29) is 5.82 Å². The lowest BCUT2D eigenvalue weighted by Gasteiger charge is -2.28. The van der Waals surface area contributed by atoms with Crippen LogP contribution in [0.25, 0.3) is 16.9 Å². The number of benzene rings is 1. The molecular weight excluding hydrogens is 516 g/mol. The van der Waals surface area contributed by atoms with Crippen LogP contribution in [0.3, 0.4) is 0 Å². The van der Waals surface area contributed by atoms with Gasteiger partial charge in [0.1, 0.15) is 11.6 Å². The first-order chi connectivity index (χ1) is 19.4. The molecular formula is C29H43F2N7O2. The second-order valence-electron chi connectivity index (χ2n) is 10.6. The zero-order valence-electron chi connectivity index (χ0n) is 23.7. The third-order valence-corrected chi connectivity index (χ3v) is 8.01. The molecule has 0 bridgehead atoms. The molecule has 2 aromatic heterocycles. The SMILES string of the molecule is CCC(O)(CC)CN.FC(F)c1nc2ccccc2n1-c1cc(N2CCOCC2)nc(NCC2CCCCC2)n1. The van der Waals surface area contributed by atoms with Gasteiger partial charge in [-0.1, -0.05) is 45.2 Å². The number of hydrogen-bond donors (Lipinski definition) is 3. The molecule has 0 spiro atoms. The van der Waals surface area contributed by atoms with Crippen molar-refractivity contribution in [3.63, 3.8) is 0 Å². The van der Waals surface area contributed by atoms with Gasteiger partial charge in [-0.05, 0) is 43.7 Å². The number of para-hydroxylation sites is 2. The Kier molecular flexibility index (Phi) is 10.6. The van der Waals surface area contributed by atoms with E-state index in [0.717, 1.165) is 19.4 Å². The van der Waals surface area contributed by atoms with Crippen molar-refractivity contribution in [1.29, 1.82) is 0 Å². The molecule has 1 saturated heterocycles. The van der Waals surface area contributed by atoms with Crippen molar-refractivity contribution in [1.82, 2.24) is 19.5 Å². The number of nitrogens with two attached hydrogens (primary N) is 1. The Bertz CT molecular complexity index is 1200. The van der Waals surface area contributed by atoms with E-state index in [2.05, 4.69) is 20.2 Å². The fraction of sp³-hybridized carbons (Fsp3) is 0.621. The number of rotatable bonds is 9. The summed E-state index contributed by atoms with van der Waals surface area (Å²) in [5.41, 5.74) is 5.80. The summed E-state index contributed by atoms with van der Waals surface area (Å²) >= 11 is 0. The summed E-state index contributed by atoms with van der Waals surface area (Å²) in [7, 11) is 0. The minimum atomic E-state index is -2.72. The molecule has 1 aliphatic heterocycles. The molecule has 3 aromatic rings. The van der Waals surface area contributed by atoms with Crippen LogP contribution in [-0.2, 0) is 4.74 Å². The van der Waals surface area contributed by atoms with Crippen LogP contribution in [0.4, 0.5) is 20.5 Å². The third-order valence-electron chi connectivity index (χ3n) is 8.01. The molecule has 3 heterocycles. The van der Waals surface area contributed by atoms with E-state index in [0.29, 0.717) is 67.4 Å². The summed E-state index contributed by atoms with van der Waals surface area (Å²) in [4.78, 5) is 15.7.